The zero-order valence-corrected chi connectivity index (χ0v) is 20.8. The first-order valence-corrected chi connectivity index (χ1v) is 13.0. The number of thioether (sulfide) groups is 1. The highest BCUT2D eigenvalue weighted by molar-refractivity contribution is 8.03. The van der Waals surface area contributed by atoms with Crippen LogP contribution in [0.25, 0.3) is 21.5 Å². The number of nitrogens with zero attached hydrogens (tertiary/aromatic N) is 2. The van der Waals surface area contributed by atoms with Crippen LogP contribution in [-0.4, -0.2) is 16.6 Å². The zero-order valence-electron chi connectivity index (χ0n) is 18.4. The van der Waals surface area contributed by atoms with E-state index in [1.807, 2.05) is 78.9 Å². The fourth-order valence-electron chi connectivity index (χ4n) is 4.11. The molecule has 1 atom stereocenters. The van der Waals surface area contributed by atoms with E-state index < -0.39 is 11.8 Å². The van der Waals surface area contributed by atoms with E-state index in [-0.39, 0.29) is 5.75 Å². The van der Waals surface area contributed by atoms with Gasteiger partial charge in [-0.3, -0.25) is 4.79 Å². The molecule has 1 aromatic heterocycles. The number of nitrogens with two attached hydrogens (primary N) is 1. The first kappa shape index (κ1) is 23.2. The summed E-state index contributed by atoms with van der Waals surface area (Å²) in [5.41, 5.74) is 10.2. The molecule has 1 unspecified atom stereocenters. The van der Waals surface area contributed by atoms with Gasteiger partial charge in [0.1, 0.15) is 5.01 Å². The molecule has 2 heterocycles. The topological polar surface area (TPSA) is 91.8 Å². The number of rotatable bonds is 6. The number of thiazole rings is 1. The van der Waals surface area contributed by atoms with Gasteiger partial charge < -0.3 is 11.1 Å². The molecular weight excluding hydrogens is 496 g/mol. The van der Waals surface area contributed by atoms with Crippen LogP contribution in [0.4, 0.5) is 0 Å². The molecule has 172 valence electrons. The van der Waals surface area contributed by atoms with Crippen molar-refractivity contribution in [2.45, 2.75) is 5.92 Å². The Morgan fingerprint density at radius 3 is 2.51 bits per heavy atom. The molecule has 35 heavy (non-hydrogen) atoms. The number of dihydropyridines is 1. The van der Waals surface area contributed by atoms with Gasteiger partial charge in [0.15, 0.2) is 0 Å². The van der Waals surface area contributed by atoms with Gasteiger partial charge in [-0.15, -0.1) is 11.3 Å². The van der Waals surface area contributed by atoms with Crippen molar-refractivity contribution < 1.29 is 4.79 Å². The van der Waals surface area contributed by atoms with E-state index in [0.717, 1.165) is 37.6 Å². The van der Waals surface area contributed by atoms with E-state index in [4.69, 9.17) is 22.3 Å². The number of halogens is 1. The summed E-state index contributed by atoms with van der Waals surface area (Å²) in [6.45, 7) is 0. The average molecular weight is 515 g/mol. The summed E-state index contributed by atoms with van der Waals surface area (Å²) in [5.74, 6) is -0.902. The fourth-order valence-corrected chi connectivity index (χ4v) is 6.18. The van der Waals surface area contributed by atoms with Crippen LogP contribution in [0.2, 0.25) is 5.02 Å². The number of fused-ring (bicyclic) bond motifs is 1. The summed E-state index contributed by atoms with van der Waals surface area (Å²) in [4.78, 5) is 16.6. The van der Waals surface area contributed by atoms with Crippen LogP contribution in [0, 0.1) is 11.3 Å². The highest BCUT2D eigenvalue weighted by atomic mass is 35.5. The van der Waals surface area contributed by atoms with E-state index in [2.05, 4.69) is 11.4 Å². The summed E-state index contributed by atoms with van der Waals surface area (Å²) >= 11 is 9.50. The van der Waals surface area contributed by atoms with Crippen molar-refractivity contribution in [2.75, 3.05) is 5.75 Å². The molecular formula is C27H19ClN4OS2. The van der Waals surface area contributed by atoms with Crippen molar-refractivity contribution in [1.82, 2.24) is 10.3 Å². The molecule has 0 aliphatic carbocycles. The molecule has 3 aromatic carbocycles. The maximum atomic E-state index is 11.6. The van der Waals surface area contributed by atoms with Gasteiger partial charge in [0.25, 0.3) is 0 Å². The minimum Gasteiger partial charge on any atom is -0.369 e. The van der Waals surface area contributed by atoms with Crippen molar-refractivity contribution >= 4 is 62.1 Å². The third-order valence-electron chi connectivity index (χ3n) is 5.61. The Morgan fingerprint density at radius 1 is 1.09 bits per heavy atom. The molecule has 1 aliphatic heterocycles. The van der Waals surface area contributed by atoms with Crippen molar-refractivity contribution in [3.63, 3.8) is 0 Å². The molecule has 0 bridgehead atoms. The monoisotopic (exact) mass is 514 g/mol. The van der Waals surface area contributed by atoms with Gasteiger partial charge >= 0.3 is 0 Å². The smallest absolute Gasteiger partial charge is 0.227 e. The number of para-hydroxylation sites is 1. The minimum atomic E-state index is -0.485. The van der Waals surface area contributed by atoms with Crippen molar-refractivity contribution in [3.05, 3.63) is 111 Å². The quantitative estimate of drug-likeness (QED) is 0.321. The molecule has 0 saturated carbocycles. The number of primary amides is 1. The standard InChI is InChI=1S/C27H19ClN4OS2/c28-19-11-5-4-10-17(19)23-18(14-29)26(34-15-22(30)33)32-25(16-8-2-1-3-9-16)24(23)27-31-20-12-6-7-13-21(20)35-27/h1-13,23,32H,15H2,(H2,30,33). The van der Waals surface area contributed by atoms with E-state index in [1.165, 1.54) is 11.8 Å². The number of allylic oxidation sites excluding steroid dienone is 2. The molecule has 3 N–H and O–H groups in total. The Hall–Kier alpha value is -3.57. The normalized spacial score (nSPS) is 15.7. The second kappa shape index (κ2) is 9.96. The average Bonchev–Trinajstić information content (AvgIpc) is 3.31. The summed E-state index contributed by atoms with van der Waals surface area (Å²) in [5, 5.41) is 15.7. The highest BCUT2D eigenvalue weighted by Gasteiger charge is 2.36. The van der Waals surface area contributed by atoms with Crippen LogP contribution < -0.4 is 11.1 Å². The number of nitriles is 1. The van der Waals surface area contributed by atoms with Gasteiger partial charge in [-0.25, -0.2) is 4.98 Å². The van der Waals surface area contributed by atoms with E-state index in [1.54, 1.807) is 11.3 Å². The van der Waals surface area contributed by atoms with E-state index >= 15 is 0 Å². The third-order valence-corrected chi connectivity index (χ3v) is 8.07. The SMILES string of the molecule is N#CC1=C(SCC(N)=O)NC(c2ccccc2)=C(c2nc3ccccc3s2)C1c1ccccc1Cl. The van der Waals surface area contributed by atoms with Crippen molar-refractivity contribution in [2.24, 2.45) is 5.73 Å². The number of hydrogen-bond donors (Lipinski definition) is 2. The lowest BCUT2D eigenvalue weighted by atomic mass is 9.81. The molecule has 8 heteroatoms. The molecule has 5 nitrogen and oxygen atoms in total. The first-order valence-electron chi connectivity index (χ1n) is 10.8. The number of nitrogens with one attached hydrogen (secondary N) is 1. The van der Waals surface area contributed by atoms with Crippen LogP contribution >= 0.6 is 34.7 Å². The predicted octanol–water partition coefficient (Wildman–Crippen LogP) is 6.16. The number of carbonyl (C=O) groups is 1. The number of benzene rings is 3. The van der Waals surface area contributed by atoms with E-state index in [0.29, 0.717) is 15.6 Å². The van der Waals surface area contributed by atoms with Crippen LogP contribution in [-0.2, 0) is 4.79 Å². The molecule has 0 radical (unpaired) electrons. The summed E-state index contributed by atoms with van der Waals surface area (Å²) in [6.07, 6.45) is 0. The zero-order chi connectivity index (χ0) is 24.4. The minimum absolute atomic E-state index is 0.0430. The van der Waals surface area contributed by atoms with Gasteiger partial charge in [0.2, 0.25) is 5.91 Å². The highest BCUT2D eigenvalue weighted by Crippen LogP contribution is 2.50. The largest absolute Gasteiger partial charge is 0.369 e. The second-order valence-electron chi connectivity index (χ2n) is 7.83. The molecule has 4 aromatic rings. The van der Waals surface area contributed by atoms with E-state index in [9.17, 15) is 10.1 Å². The molecule has 1 aliphatic rings. The van der Waals surface area contributed by atoms with Gasteiger partial charge in [0.05, 0.1) is 44.3 Å². The molecule has 1 amide bonds. The Balaban J connectivity index is 1.82. The van der Waals surface area contributed by atoms with Gasteiger partial charge in [-0.05, 0) is 29.3 Å². The Kier molecular flexibility index (Phi) is 6.60. The Bertz CT molecular complexity index is 1500. The third kappa shape index (κ3) is 4.56. The molecule has 0 saturated heterocycles. The number of aromatic nitrogens is 1. The van der Waals surface area contributed by atoms with Gasteiger partial charge in [0, 0.05) is 10.6 Å². The van der Waals surface area contributed by atoms with Crippen molar-refractivity contribution in [1.29, 1.82) is 5.26 Å². The van der Waals surface area contributed by atoms with Crippen molar-refractivity contribution in [3.8, 4) is 6.07 Å². The lowest BCUT2D eigenvalue weighted by molar-refractivity contribution is -0.115. The lowest BCUT2D eigenvalue weighted by Gasteiger charge is -2.31. The second-order valence-corrected chi connectivity index (χ2v) is 10.3. The Morgan fingerprint density at radius 2 is 1.80 bits per heavy atom. The summed E-state index contributed by atoms with van der Waals surface area (Å²) in [7, 11) is 0. The predicted molar refractivity (Wildman–Crippen MR) is 144 cm³/mol. The Labute approximate surface area is 215 Å². The maximum Gasteiger partial charge on any atom is 0.227 e. The molecule has 0 fully saturated rings. The summed E-state index contributed by atoms with van der Waals surface area (Å²) in [6, 6.07) is 27.8. The maximum absolute atomic E-state index is 11.6. The van der Waals surface area contributed by atoms with Crippen LogP contribution in [0.1, 0.15) is 22.1 Å². The number of amides is 1. The molecule has 5 rings (SSSR count). The number of hydrogen-bond acceptors (Lipinski definition) is 6. The summed E-state index contributed by atoms with van der Waals surface area (Å²) < 4.78 is 1.05. The first-order chi connectivity index (χ1) is 17.1. The fraction of sp³-hybridized carbons (Fsp3) is 0.0741. The molecule has 0 spiro atoms. The van der Waals surface area contributed by atoms with Gasteiger partial charge in [-0.2, -0.15) is 5.26 Å². The number of carbonyl (C=O) groups excluding carboxylic acids is 1. The van der Waals surface area contributed by atoms with Crippen LogP contribution in [0.3, 0.4) is 0 Å². The lowest BCUT2D eigenvalue weighted by Crippen LogP contribution is -2.25. The van der Waals surface area contributed by atoms with Gasteiger partial charge in [-0.1, -0.05) is 84.0 Å². The van der Waals surface area contributed by atoms with Crippen LogP contribution in [0.15, 0.2) is 89.5 Å². The van der Waals surface area contributed by atoms with Crippen LogP contribution in [0.5, 0.6) is 0 Å².